The monoisotopic (exact) mass is 424 g/mol. The largest absolute Gasteiger partial charge is 0.368 e. The molecule has 0 saturated heterocycles. The van der Waals surface area contributed by atoms with Crippen molar-refractivity contribution < 1.29 is 14.7 Å². The minimum absolute atomic E-state index is 0.183. The number of thioether (sulfide) groups is 1. The van der Waals surface area contributed by atoms with Crippen LogP contribution in [0.4, 0.5) is 0 Å². The molecule has 0 spiro atoms. The van der Waals surface area contributed by atoms with E-state index in [0.29, 0.717) is 4.34 Å². The summed E-state index contributed by atoms with van der Waals surface area (Å²) < 4.78 is 1.59. The Kier molecular flexibility index (Phi) is 7.50. The minimum Gasteiger partial charge on any atom is -0.368 e. The number of aromatic nitrogens is 1. The van der Waals surface area contributed by atoms with Gasteiger partial charge in [-0.2, -0.15) is 0 Å². The smallest absolute Gasteiger partial charge is 0.242 e. The Labute approximate surface area is 171 Å². The second-order valence-corrected chi connectivity index (χ2v) is 9.82. The molecule has 3 N–H and O–H groups in total. The number of aliphatic hydroxyl groups is 1. The molecule has 0 aliphatic heterocycles. The van der Waals surface area contributed by atoms with E-state index in [-0.39, 0.29) is 12.3 Å². The number of thiazole rings is 1. The minimum atomic E-state index is -1.57. The summed E-state index contributed by atoms with van der Waals surface area (Å²) >= 11 is 2.53. The fourth-order valence-corrected chi connectivity index (χ4v) is 4.87. The Morgan fingerprint density at radius 1 is 1.32 bits per heavy atom. The van der Waals surface area contributed by atoms with Crippen molar-refractivity contribution in [3.63, 3.8) is 0 Å². The molecule has 1 aromatic heterocycles. The zero-order valence-corrected chi connectivity index (χ0v) is 17.8. The van der Waals surface area contributed by atoms with E-state index >= 15 is 0 Å². The van der Waals surface area contributed by atoms with E-state index in [1.54, 1.807) is 0 Å². The molecule has 0 bridgehead atoms. The molecule has 3 atom stereocenters. The highest BCUT2D eigenvalue weighted by Crippen LogP contribution is 2.34. The highest BCUT2D eigenvalue weighted by atomic mass is 32.2. The number of hydrogen-bond donors (Lipinski definition) is 3. The molecule has 2 rings (SSSR count). The molecule has 2 amide bonds. The summed E-state index contributed by atoms with van der Waals surface area (Å²) in [6.45, 7) is 5.51. The van der Waals surface area contributed by atoms with Crippen LogP contribution in [0.15, 0.2) is 33.8 Å². The van der Waals surface area contributed by atoms with Crippen molar-refractivity contribution in [1.29, 1.82) is 0 Å². The highest BCUT2D eigenvalue weighted by Gasteiger charge is 2.34. The fourth-order valence-electron chi connectivity index (χ4n) is 2.53. The van der Waals surface area contributed by atoms with Gasteiger partial charge in [0.15, 0.2) is 10.6 Å². The summed E-state index contributed by atoms with van der Waals surface area (Å²) in [6.07, 6.45) is -1.76. The Balaban J connectivity index is 2.13. The second kappa shape index (κ2) is 9.44. The van der Waals surface area contributed by atoms with Crippen LogP contribution in [0.25, 0.3) is 10.2 Å². The number of para-hydroxylation sites is 1. The van der Waals surface area contributed by atoms with E-state index in [1.807, 2.05) is 45.0 Å². The van der Waals surface area contributed by atoms with E-state index in [2.05, 4.69) is 20.8 Å². The summed E-state index contributed by atoms with van der Waals surface area (Å²) in [4.78, 5) is 40.0. The standard InChI is InChI=1S/C18H24N4O4S2/c1-18(2,3)14(16(25)19-4)21-13(23)9-12(15(24)22-26)28-17-20-10-7-5-6-8-11(10)27-17/h5-8,12,14-15,24H,9H2,1-4H3,(H,19,25)(H,21,23)/t12?,14-,15?/m1/s1. The number of likely N-dealkylation sites (N-methyl/N-ethyl adjacent to an activating group) is 1. The SMILES string of the molecule is CNC(=O)[C@@H](NC(=O)CC(Sc1nc2ccccc2s1)C(O)N=O)C(C)(C)C. The molecule has 10 heteroatoms. The molecule has 1 heterocycles. The van der Waals surface area contributed by atoms with Gasteiger partial charge in [-0.15, -0.1) is 16.2 Å². The van der Waals surface area contributed by atoms with Gasteiger partial charge >= 0.3 is 0 Å². The molecule has 0 aliphatic rings. The number of fused-ring (bicyclic) bond motifs is 1. The van der Waals surface area contributed by atoms with Crippen LogP contribution < -0.4 is 10.6 Å². The lowest BCUT2D eigenvalue weighted by atomic mass is 9.86. The predicted molar refractivity (Wildman–Crippen MR) is 111 cm³/mol. The van der Waals surface area contributed by atoms with Gasteiger partial charge in [-0.1, -0.05) is 44.7 Å². The molecule has 1 aromatic carbocycles. The first-order valence-corrected chi connectivity index (χ1v) is 10.4. The van der Waals surface area contributed by atoms with Crippen LogP contribution in [0.2, 0.25) is 0 Å². The number of nitrogens with one attached hydrogen (secondary N) is 2. The lowest BCUT2D eigenvalue weighted by Gasteiger charge is -2.30. The lowest BCUT2D eigenvalue weighted by Crippen LogP contribution is -2.53. The van der Waals surface area contributed by atoms with Crippen LogP contribution in [0, 0.1) is 10.3 Å². The maximum Gasteiger partial charge on any atom is 0.242 e. The average Bonchev–Trinajstić information content (AvgIpc) is 3.05. The van der Waals surface area contributed by atoms with Crippen molar-refractivity contribution in [3.8, 4) is 0 Å². The molecule has 152 valence electrons. The second-order valence-electron chi connectivity index (χ2n) is 7.31. The van der Waals surface area contributed by atoms with E-state index in [0.717, 1.165) is 22.0 Å². The quantitative estimate of drug-likeness (QED) is 0.442. The third-order valence-corrected chi connectivity index (χ3v) is 6.41. The Bertz CT molecular complexity index is 816. The summed E-state index contributed by atoms with van der Waals surface area (Å²) in [5, 5.41) is 17.1. The van der Waals surface area contributed by atoms with Crippen molar-refractivity contribution in [1.82, 2.24) is 15.6 Å². The van der Waals surface area contributed by atoms with Gasteiger partial charge in [0.2, 0.25) is 11.8 Å². The molecular weight excluding hydrogens is 400 g/mol. The van der Waals surface area contributed by atoms with Crippen molar-refractivity contribution in [2.45, 2.75) is 49.1 Å². The summed E-state index contributed by atoms with van der Waals surface area (Å²) in [5.74, 6) is -0.768. The molecule has 0 fully saturated rings. The van der Waals surface area contributed by atoms with Gasteiger partial charge in [-0.25, -0.2) is 4.98 Å². The zero-order valence-electron chi connectivity index (χ0n) is 16.1. The van der Waals surface area contributed by atoms with Crippen LogP contribution in [0.3, 0.4) is 0 Å². The van der Waals surface area contributed by atoms with Gasteiger partial charge in [-0.05, 0) is 22.7 Å². The maximum absolute atomic E-state index is 12.5. The van der Waals surface area contributed by atoms with Gasteiger partial charge in [0.25, 0.3) is 0 Å². The summed E-state index contributed by atoms with van der Waals surface area (Å²) in [6, 6.07) is 6.80. The van der Waals surface area contributed by atoms with Gasteiger partial charge < -0.3 is 15.7 Å². The normalized spacial score (nSPS) is 14.9. The molecule has 0 aliphatic carbocycles. The molecule has 2 aromatic rings. The number of carbonyl (C=O) groups is 2. The molecule has 8 nitrogen and oxygen atoms in total. The topological polar surface area (TPSA) is 121 Å². The number of carbonyl (C=O) groups excluding carboxylic acids is 2. The molecule has 2 unspecified atom stereocenters. The van der Waals surface area contributed by atoms with E-state index in [1.165, 1.54) is 18.4 Å². The maximum atomic E-state index is 12.5. The van der Waals surface area contributed by atoms with Gasteiger partial charge in [0.05, 0.1) is 15.5 Å². The van der Waals surface area contributed by atoms with Crippen LogP contribution in [0.1, 0.15) is 27.2 Å². The molecule has 0 radical (unpaired) electrons. The van der Waals surface area contributed by atoms with Crippen LogP contribution in [-0.4, -0.2) is 46.5 Å². The van der Waals surface area contributed by atoms with Crippen LogP contribution in [-0.2, 0) is 9.59 Å². The van der Waals surface area contributed by atoms with E-state index in [4.69, 9.17) is 0 Å². The van der Waals surface area contributed by atoms with Crippen molar-refractivity contribution in [2.24, 2.45) is 10.6 Å². The third-order valence-electron chi connectivity index (χ3n) is 4.03. The predicted octanol–water partition coefficient (Wildman–Crippen LogP) is 2.51. The summed E-state index contributed by atoms with van der Waals surface area (Å²) in [5.41, 5.74) is 0.298. The molecular formula is C18H24N4O4S2. The van der Waals surface area contributed by atoms with Crippen molar-refractivity contribution in [2.75, 3.05) is 7.05 Å². The van der Waals surface area contributed by atoms with Crippen molar-refractivity contribution in [3.05, 3.63) is 29.2 Å². The Hall–Kier alpha value is -2.04. The van der Waals surface area contributed by atoms with Gasteiger partial charge in [0, 0.05) is 13.5 Å². The lowest BCUT2D eigenvalue weighted by molar-refractivity contribution is -0.131. The van der Waals surface area contributed by atoms with E-state index in [9.17, 15) is 19.6 Å². The Morgan fingerprint density at radius 3 is 2.57 bits per heavy atom. The van der Waals surface area contributed by atoms with Gasteiger partial charge in [-0.3, -0.25) is 9.59 Å². The number of aliphatic hydroxyl groups excluding tert-OH is 1. The average molecular weight is 425 g/mol. The molecule has 0 saturated carbocycles. The number of rotatable bonds is 8. The first-order valence-electron chi connectivity index (χ1n) is 8.69. The number of hydrogen-bond acceptors (Lipinski definition) is 8. The first kappa shape index (κ1) is 22.3. The van der Waals surface area contributed by atoms with Crippen molar-refractivity contribution >= 4 is 45.1 Å². The van der Waals surface area contributed by atoms with Crippen LogP contribution >= 0.6 is 23.1 Å². The highest BCUT2D eigenvalue weighted by molar-refractivity contribution is 8.01. The number of benzene rings is 1. The van der Waals surface area contributed by atoms with Gasteiger partial charge in [0.1, 0.15) is 6.04 Å². The summed E-state index contributed by atoms with van der Waals surface area (Å²) in [7, 11) is 1.50. The number of nitroso groups, excluding NO2 is 1. The third kappa shape index (κ3) is 5.73. The molecule has 28 heavy (non-hydrogen) atoms. The number of amides is 2. The number of nitrogens with zero attached hydrogens (tertiary/aromatic N) is 2. The van der Waals surface area contributed by atoms with E-state index < -0.39 is 28.8 Å². The van der Waals surface area contributed by atoms with Crippen LogP contribution in [0.5, 0.6) is 0 Å². The first-order chi connectivity index (χ1) is 13.2. The Morgan fingerprint density at radius 2 is 2.00 bits per heavy atom. The fraction of sp³-hybridized carbons (Fsp3) is 0.500. The zero-order chi connectivity index (χ0) is 20.9.